The van der Waals surface area contributed by atoms with Crippen LogP contribution in [0.3, 0.4) is 0 Å². The van der Waals surface area contributed by atoms with E-state index in [1.54, 1.807) is 21.3 Å². The van der Waals surface area contributed by atoms with Gasteiger partial charge in [0.1, 0.15) is 25.3 Å². The second kappa shape index (κ2) is 7.51. The van der Waals surface area contributed by atoms with E-state index in [9.17, 15) is 8.42 Å². The number of nitrogens with one attached hydrogen (secondary N) is 1. The molecule has 0 radical (unpaired) electrons. The summed E-state index contributed by atoms with van der Waals surface area (Å²) in [7, 11) is -3.43. The number of sulfonamides is 1. The molecule has 0 amide bonds. The number of piperidine rings is 1. The van der Waals surface area contributed by atoms with Crippen molar-refractivity contribution in [3.8, 4) is 0 Å². The fourth-order valence-electron chi connectivity index (χ4n) is 4.63. The number of rotatable bonds is 3. The zero-order valence-corrected chi connectivity index (χ0v) is 16.9. The van der Waals surface area contributed by atoms with Gasteiger partial charge in [0, 0.05) is 25.9 Å². The van der Waals surface area contributed by atoms with E-state index in [0.717, 1.165) is 36.7 Å². The first kappa shape index (κ1) is 18.9. The number of ether oxygens (including phenoxy) is 1. The molecule has 0 bridgehead atoms. The molecular formula is C21H29N2O3S+. The van der Waals surface area contributed by atoms with Crippen molar-refractivity contribution in [2.45, 2.75) is 49.8 Å². The molecule has 0 unspecified atom stereocenters. The van der Waals surface area contributed by atoms with Crippen molar-refractivity contribution in [2.24, 2.45) is 0 Å². The molecule has 2 atom stereocenters. The van der Waals surface area contributed by atoms with Crippen molar-refractivity contribution in [1.29, 1.82) is 0 Å². The molecule has 2 saturated heterocycles. The highest BCUT2D eigenvalue weighted by Gasteiger charge is 2.36. The van der Waals surface area contributed by atoms with Crippen LogP contribution < -0.4 is 4.90 Å². The van der Waals surface area contributed by atoms with Crippen molar-refractivity contribution < 1.29 is 18.1 Å². The van der Waals surface area contributed by atoms with Gasteiger partial charge in [0.25, 0.3) is 0 Å². The molecule has 0 spiro atoms. The fourth-order valence-corrected chi connectivity index (χ4v) is 6.13. The molecule has 6 heteroatoms. The normalized spacial score (nSPS) is 28.4. The molecule has 1 N–H and O–H groups in total. The van der Waals surface area contributed by atoms with E-state index < -0.39 is 10.0 Å². The number of benzene rings is 2. The molecule has 2 aromatic rings. The molecular weight excluding hydrogens is 360 g/mol. The fraction of sp³-hybridized carbons (Fsp3) is 0.524. The average molecular weight is 390 g/mol. The lowest BCUT2D eigenvalue weighted by molar-refractivity contribution is -0.940. The summed E-state index contributed by atoms with van der Waals surface area (Å²) in [4.78, 5) is 1.98. The van der Waals surface area contributed by atoms with E-state index in [-0.39, 0.29) is 12.2 Å². The van der Waals surface area contributed by atoms with E-state index in [0.29, 0.717) is 24.0 Å². The Kier molecular flexibility index (Phi) is 5.25. The minimum atomic E-state index is -3.43. The first-order chi connectivity index (χ1) is 12.9. The number of nitrogens with zero attached hydrogens (tertiary/aromatic N) is 1. The summed E-state index contributed by atoms with van der Waals surface area (Å²) in [6, 6.07) is 13.8. The Morgan fingerprint density at radius 3 is 2.26 bits per heavy atom. The molecule has 27 heavy (non-hydrogen) atoms. The second-order valence-electron chi connectivity index (χ2n) is 8.01. The monoisotopic (exact) mass is 389 g/mol. The van der Waals surface area contributed by atoms with Crippen LogP contribution in [0.4, 0.5) is 0 Å². The van der Waals surface area contributed by atoms with Gasteiger partial charge in [-0.15, -0.1) is 0 Å². The quantitative estimate of drug-likeness (QED) is 0.869. The standard InChI is InChI=1S/C21H28N2O3S/c1-16-14-22(15-17(2)26-16)20-9-11-23(12-10-20)27(24,25)21-8-7-18-5-3-4-6-19(18)13-21/h3-8,13,16-17,20H,9-12,14-15H2,1-2H3/p+1/t16-,17-/m1/s1. The number of hydrogen-bond acceptors (Lipinski definition) is 3. The maximum atomic E-state index is 13.1. The lowest BCUT2D eigenvalue weighted by Crippen LogP contribution is -3.19. The van der Waals surface area contributed by atoms with Crippen molar-refractivity contribution in [2.75, 3.05) is 26.2 Å². The van der Waals surface area contributed by atoms with Crippen molar-refractivity contribution >= 4 is 20.8 Å². The van der Waals surface area contributed by atoms with Crippen molar-refractivity contribution in [3.63, 3.8) is 0 Å². The van der Waals surface area contributed by atoms with Crippen LogP contribution in [0, 0.1) is 0 Å². The van der Waals surface area contributed by atoms with E-state index in [2.05, 4.69) is 13.8 Å². The zero-order valence-electron chi connectivity index (χ0n) is 16.1. The van der Waals surface area contributed by atoms with E-state index in [1.165, 1.54) is 0 Å². The smallest absolute Gasteiger partial charge is 0.243 e. The van der Waals surface area contributed by atoms with Gasteiger partial charge in [0.15, 0.2) is 0 Å². The first-order valence-corrected chi connectivity index (χ1v) is 11.4. The molecule has 2 fully saturated rings. The Hall–Kier alpha value is -1.47. The van der Waals surface area contributed by atoms with Crippen LogP contribution in [-0.4, -0.2) is 57.2 Å². The summed E-state index contributed by atoms with van der Waals surface area (Å²) in [5.41, 5.74) is 0. The average Bonchev–Trinajstić information content (AvgIpc) is 2.67. The van der Waals surface area contributed by atoms with E-state index in [4.69, 9.17) is 4.74 Å². The van der Waals surface area contributed by atoms with Gasteiger partial charge in [0.05, 0.1) is 10.9 Å². The third-order valence-corrected chi connectivity index (χ3v) is 7.85. The minimum Gasteiger partial charge on any atom is -0.364 e. The lowest BCUT2D eigenvalue weighted by Gasteiger charge is -2.40. The van der Waals surface area contributed by atoms with Gasteiger partial charge in [-0.05, 0) is 36.8 Å². The maximum absolute atomic E-state index is 13.1. The zero-order chi connectivity index (χ0) is 19.0. The van der Waals surface area contributed by atoms with Gasteiger partial charge in [-0.25, -0.2) is 8.42 Å². The van der Waals surface area contributed by atoms with Crippen LogP contribution in [0.5, 0.6) is 0 Å². The summed E-state index contributed by atoms with van der Waals surface area (Å²) >= 11 is 0. The summed E-state index contributed by atoms with van der Waals surface area (Å²) in [6.45, 7) is 7.52. The lowest BCUT2D eigenvalue weighted by atomic mass is 10.0. The van der Waals surface area contributed by atoms with Crippen LogP contribution in [0.2, 0.25) is 0 Å². The summed E-state index contributed by atoms with van der Waals surface area (Å²) in [5, 5.41) is 2.03. The Labute approximate surface area is 162 Å². The van der Waals surface area contributed by atoms with Gasteiger partial charge in [0.2, 0.25) is 10.0 Å². The highest BCUT2D eigenvalue weighted by Crippen LogP contribution is 2.24. The van der Waals surface area contributed by atoms with Crippen LogP contribution in [-0.2, 0) is 14.8 Å². The molecule has 0 aromatic heterocycles. The molecule has 2 heterocycles. The van der Waals surface area contributed by atoms with Crippen LogP contribution in [0.15, 0.2) is 47.4 Å². The van der Waals surface area contributed by atoms with Crippen LogP contribution >= 0.6 is 0 Å². The van der Waals surface area contributed by atoms with Crippen molar-refractivity contribution in [3.05, 3.63) is 42.5 Å². The highest BCUT2D eigenvalue weighted by atomic mass is 32.2. The molecule has 2 aromatic carbocycles. The molecule has 146 valence electrons. The number of quaternary nitrogens is 1. The number of fused-ring (bicyclic) bond motifs is 1. The van der Waals surface area contributed by atoms with Gasteiger partial charge in [-0.1, -0.05) is 30.3 Å². The topological polar surface area (TPSA) is 51.0 Å². The second-order valence-corrected chi connectivity index (χ2v) is 9.95. The largest absolute Gasteiger partial charge is 0.364 e. The molecule has 0 saturated carbocycles. The Morgan fingerprint density at radius 2 is 1.59 bits per heavy atom. The minimum absolute atomic E-state index is 0.281. The molecule has 0 aliphatic carbocycles. The number of morpholine rings is 1. The van der Waals surface area contributed by atoms with Gasteiger partial charge in [-0.2, -0.15) is 4.31 Å². The molecule has 5 nitrogen and oxygen atoms in total. The predicted octanol–water partition coefficient (Wildman–Crippen LogP) is 1.69. The van der Waals surface area contributed by atoms with E-state index >= 15 is 0 Å². The van der Waals surface area contributed by atoms with Crippen LogP contribution in [0.25, 0.3) is 10.8 Å². The molecule has 2 aliphatic rings. The third kappa shape index (κ3) is 3.90. The van der Waals surface area contributed by atoms with Gasteiger partial charge in [-0.3, -0.25) is 0 Å². The molecule has 2 aliphatic heterocycles. The van der Waals surface area contributed by atoms with Crippen LogP contribution in [0.1, 0.15) is 26.7 Å². The Morgan fingerprint density at radius 1 is 0.963 bits per heavy atom. The summed E-state index contributed by atoms with van der Waals surface area (Å²) in [5.74, 6) is 0. The maximum Gasteiger partial charge on any atom is 0.243 e. The van der Waals surface area contributed by atoms with Gasteiger partial charge >= 0.3 is 0 Å². The SMILES string of the molecule is C[C@@H]1C[NH+](C2CCN(S(=O)(=O)c3ccc4ccccc4c3)CC2)C[C@@H](C)O1. The summed E-state index contributed by atoms with van der Waals surface area (Å²) in [6.07, 6.45) is 2.40. The predicted molar refractivity (Wildman–Crippen MR) is 106 cm³/mol. The molecule has 4 rings (SSSR count). The van der Waals surface area contributed by atoms with Gasteiger partial charge < -0.3 is 9.64 Å². The first-order valence-electron chi connectivity index (χ1n) is 9.92. The van der Waals surface area contributed by atoms with E-state index in [1.807, 2.05) is 30.3 Å². The Bertz CT molecular complexity index is 897. The number of hydrogen-bond donors (Lipinski definition) is 1. The summed E-state index contributed by atoms with van der Waals surface area (Å²) < 4.78 is 33.7. The highest BCUT2D eigenvalue weighted by molar-refractivity contribution is 7.89. The Balaban J connectivity index is 1.46. The third-order valence-electron chi connectivity index (χ3n) is 5.95. The van der Waals surface area contributed by atoms with Crippen molar-refractivity contribution in [1.82, 2.24) is 4.31 Å².